The first-order valence-corrected chi connectivity index (χ1v) is 17.5. The predicted molar refractivity (Wildman–Crippen MR) is 180 cm³/mol. The molecular weight excluding hydrogens is 596 g/mol. The van der Waals surface area contributed by atoms with Gasteiger partial charge in [-0.05, 0) is 30.7 Å². The molecule has 4 aliphatic heterocycles. The molecule has 1 aromatic carbocycles. The molecule has 0 saturated carbocycles. The first-order chi connectivity index (χ1) is 22.7. The summed E-state index contributed by atoms with van der Waals surface area (Å²) in [5.41, 5.74) is -1.05. The van der Waals surface area contributed by atoms with Crippen LogP contribution in [0.4, 0.5) is 0 Å². The van der Waals surface area contributed by atoms with Crippen molar-refractivity contribution in [2.45, 2.75) is 76.3 Å². The molecule has 3 amide bonds. The van der Waals surface area contributed by atoms with Crippen LogP contribution in [0.2, 0.25) is 0 Å². The molecule has 47 heavy (non-hydrogen) atoms. The number of carbonyl (C=O) groups excluding carboxylic acids is 3. The number of nitrogens with zero attached hydrogens (tertiary/aromatic N) is 4. The Bertz CT molecular complexity index is 1290. The van der Waals surface area contributed by atoms with Crippen molar-refractivity contribution in [1.82, 2.24) is 19.6 Å². The number of aliphatic hydroxyl groups is 1. The largest absolute Gasteiger partial charge is 0.394 e. The molecule has 1 aromatic rings. The van der Waals surface area contributed by atoms with Crippen LogP contribution in [0.25, 0.3) is 0 Å². The van der Waals surface area contributed by atoms with Crippen molar-refractivity contribution in [3.05, 3.63) is 61.2 Å². The number of aliphatic hydroxyl groups excluding tert-OH is 1. The molecule has 4 heterocycles. The summed E-state index contributed by atoms with van der Waals surface area (Å²) in [6.45, 7) is 18.7. The zero-order valence-corrected chi connectivity index (χ0v) is 28.5. The number of carbonyl (C=O) groups is 3. The highest BCUT2D eigenvalue weighted by Gasteiger charge is 2.79. The first kappa shape index (κ1) is 35.3. The minimum Gasteiger partial charge on any atom is -0.394 e. The molecule has 0 aliphatic carbocycles. The van der Waals surface area contributed by atoms with Gasteiger partial charge in [-0.1, -0.05) is 69.7 Å². The van der Waals surface area contributed by atoms with Gasteiger partial charge in [-0.3, -0.25) is 19.3 Å². The second kappa shape index (κ2) is 15.0. The van der Waals surface area contributed by atoms with Gasteiger partial charge < -0.3 is 29.3 Å². The van der Waals surface area contributed by atoms with Gasteiger partial charge in [-0.25, -0.2) is 0 Å². The Morgan fingerprint density at radius 2 is 1.74 bits per heavy atom. The Morgan fingerprint density at radius 1 is 1.06 bits per heavy atom. The fourth-order valence-electron chi connectivity index (χ4n) is 8.58. The van der Waals surface area contributed by atoms with Crippen molar-refractivity contribution < 1.29 is 29.0 Å². The number of morpholine rings is 1. The summed E-state index contributed by atoms with van der Waals surface area (Å²) in [6, 6.07) is 8.26. The van der Waals surface area contributed by atoms with E-state index in [1.807, 2.05) is 51.1 Å². The average Bonchev–Trinajstić information content (AvgIpc) is 3.70. The molecular formula is C37H54N4O6. The Morgan fingerprint density at radius 3 is 2.36 bits per heavy atom. The number of hydrogen-bond acceptors (Lipinski definition) is 7. The molecule has 4 saturated heterocycles. The van der Waals surface area contributed by atoms with Gasteiger partial charge in [0.05, 0.1) is 43.3 Å². The van der Waals surface area contributed by atoms with Crippen molar-refractivity contribution in [3.8, 4) is 0 Å². The van der Waals surface area contributed by atoms with Crippen molar-refractivity contribution in [2.24, 2.45) is 17.8 Å². The van der Waals surface area contributed by atoms with E-state index in [2.05, 4.69) is 18.1 Å². The van der Waals surface area contributed by atoms with Crippen LogP contribution in [-0.4, -0.2) is 125 Å². The number of hydrogen-bond donors (Lipinski definition) is 1. The highest BCUT2D eigenvalue weighted by atomic mass is 16.5. The van der Waals surface area contributed by atoms with E-state index in [4.69, 9.17) is 9.47 Å². The maximum absolute atomic E-state index is 14.9. The molecule has 4 fully saturated rings. The van der Waals surface area contributed by atoms with E-state index in [1.54, 1.807) is 26.9 Å². The number of ether oxygens (including phenoxy) is 2. The third-order valence-electron chi connectivity index (χ3n) is 11.3. The number of likely N-dealkylation sites (tertiary alicyclic amines) is 1. The summed E-state index contributed by atoms with van der Waals surface area (Å²) in [5.74, 6) is -2.27. The van der Waals surface area contributed by atoms with Crippen LogP contribution in [-0.2, 0) is 30.4 Å². The predicted octanol–water partition coefficient (Wildman–Crippen LogP) is 3.11. The smallest absolute Gasteiger partial charge is 0.248 e. The van der Waals surface area contributed by atoms with Crippen LogP contribution < -0.4 is 0 Å². The highest BCUT2D eigenvalue weighted by molar-refractivity contribution is 5.99. The number of amides is 3. The van der Waals surface area contributed by atoms with Crippen molar-refractivity contribution >= 4 is 17.7 Å². The maximum atomic E-state index is 14.9. The van der Waals surface area contributed by atoms with Crippen LogP contribution in [0.5, 0.6) is 0 Å². The van der Waals surface area contributed by atoms with Gasteiger partial charge in [-0.15, -0.1) is 13.2 Å². The van der Waals surface area contributed by atoms with Crippen molar-refractivity contribution in [2.75, 3.05) is 59.1 Å². The lowest BCUT2D eigenvalue weighted by Crippen LogP contribution is -2.60. The summed E-state index contributed by atoms with van der Waals surface area (Å²) < 4.78 is 12.6. The van der Waals surface area contributed by atoms with Crippen LogP contribution in [0.3, 0.4) is 0 Å². The molecule has 1 N–H and O–H groups in total. The molecule has 7 atom stereocenters. The number of benzene rings is 1. The fraction of sp³-hybridized carbons (Fsp3) is 0.649. The molecule has 5 rings (SSSR count). The van der Waals surface area contributed by atoms with Crippen LogP contribution >= 0.6 is 0 Å². The second-order valence-electron chi connectivity index (χ2n) is 13.7. The van der Waals surface area contributed by atoms with E-state index in [1.165, 1.54) is 0 Å². The fourth-order valence-corrected chi connectivity index (χ4v) is 8.58. The third-order valence-corrected chi connectivity index (χ3v) is 11.3. The molecule has 2 bridgehead atoms. The Balaban J connectivity index is 1.55. The first-order valence-electron chi connectivity index (χ1n) is 17.5. The zero-order valence-electron chi connectivity index (χ0n) is 28.5. The normalized spacial score (nSPS) is 29.7. The summed E-state index contributed by atoms with van der Waals surface area (Å²) in [7, 11) is 0. The van der Waals surface area contributed by atoms with Crippen molar-refractivity contribution in [1.29, 1.82) is 0 Å². The van der Waals surface area contributed by atoms with Crippen LogP contribution in [0, 0.1) is 17.8 Å². The molecule has 1 spiro atoms. The Labute approximate surface area is 280 Å². The van der Waals surface area contributed by atoms with E-state index < -0.39 is 35.1 Å². The summed E-state index contributed by atoms with van der Waals surface area (Å²) in [6.07, 6.45) is 5.77. The summed E-state index contributed by atoms with van der Waals surface area (Å²) in [5, 5.41) is 10.8. The monoisotopic (exact) mass is 650 g/mol. The Hall–Kier alpha value is -3.05. The van der Waals surface area contributed by atoms with E-state index in [9.17, 15) is 19.5 Å². The van der Waals surface area contributed by atoms with Crippen molar-refractivity contribution in [3.63, 3.8) is 0 Å². The molecule has 10 heteroatoms. The van der Waals surface area contributed by atoms with Gasteiger partial charge in [0.2, 0.25) is 17.7 Å². The summed E-state index contributed by atoms with van der Waals surface area (Å²) in [4.78, 5) is 52.1. The van der Waals surface area contributed by atoms with Crippen LogP contribution in [0.1, 0.15) is 52.0 Å². The minimum atomic E-state index is -1.17. The number of rotatable bonds is 16. The van der Waals surface area contributed by atoms with Gasteiger partial charge >= 0.3 is 0 Å². The quantitative estimate of drug-likeness (QED) is 0.275. The lowest BCUT2D eigenvalue weighted by molar-refractivity contribution is -0.159. The molecule has 0 aromatic heterocycles. The van der Waals surface area contributed by atoms with E-state index in [0.717, 1.165) is 18.7 Å². The lowest BCUT2D eigenvalue weighted by Gasteiger charge is -2.41. The summed E-state index contributed by atoms with van der Waals surface area (Å²) >= 11 is 0. The van der Waals surface area contributed by atoms with Gasteiger partial charge in [0.15, 0.2) is 0 Å². The zero-order chi connectivity index (χ0) is 33.8. The molecule has 258 valence electrons. The van der Waals surface area contributed by atoms with Gasteiger partial charge in [0.1, 0.15) is 11.6 Å². The van der Waals surface area contributed by atoms with Gasteiger partial charge in [0, 0.05) is 45.8 Å². The molecule has 0 radical (unpaired) electrons. The maximum Gasteiger partial charge on any atom is 0.248 e. The lowest BCUT2D eigenvalue weighted by atomic mass is 9.64. The van der Waals surface area contributed by atoms with Crippen LogP contribution in [0.15, 0.2) is 55.6 Å². The van der Waals surface area contributed by atoms with Gasteiger partial charge in [0.25, 0.3) is 0 Å². The average molecular weight is 651 g/mol. The highest BCUT2D eigenvalue weighted by Crippen LogP contribution is 2.65. The molecule has 2 unspecified atom stereocenters. The third kappa shape index (κ3) is 6.42. The number of fused-ring (bicyclic) bond motifs is 1. The molecule has 4 aliphatic rings. The topological polar surface area (TPSA) is 103 Å². The minimum absolute atomic E-state index is 0.0717. The standard InChI is InChI=1S/C37H54N4O6/c1-6-17-39(20-19-38-21-23-46-24-22-38)35(45)32-37-16-15-36(9-4,47-37)30(31(37)34(44)41(32)29(26-42)27(5)8-3)33(43)40(18-7-2)25-28-13-11-10-12-14-28/h6-7,10-14,27,29-32,42H,1-2,8-9,15-26H2,3-5H3/t27-,29-,30-,31-,32?,36+,37?/m0/s1. The van der Waals surface area contributed by atoms with E-state index >= 15 is 0 Å². The molecule has 10 nitrogen and oxygen atoms in total. The van der Waals surface area contributed by atoms with Gasteiger partial charge in [-0.2, -0.15) is 0 Å². The second-order valence-corrected chi connectivity index (χ2v) is 13.7. The SMILES string of the molecule is C=CCN(CCN1CCOCC1)C(=O)C1N([C@@H](CO)[C@@H](C)CC)C(=O)[C@@H]2[C@@H](C(=O)N(CC=C)Cc3ccccc3)[C@@]3(CC)CCC12O3. The Kier molecular flexibility index (Phi) is 11.3. The van der Waals surface area contributed by atoms with E-state index in [-0.39, 0.29) is 30.2 Å². The van der Waals surface area contributed by atoms with E-state index in [0.29, 0.717) is 71.6 Å².